The van der Waals surface area contributed by atoms with E-state index in [0.29, 0.717) is 0 Å². The van der Waals surface area contributed by atoms with Crippen LogP contribution < -0.4 is 0 Å². The Kier molecular flexibility index (Phi) is 21.3. The van der Waals surface area contributed by atoms with Crippen LogP contribution in [0, 0.1) is 5.92 Å². The van der Waals surface area contributed by atoms with E-state index >= 15 is 0 Å². The third-order valence-corrected chi connectivity index (χ3v) is 5.81. The van der Waals surface area contributed by atoms with Gasteiger partial charge in [-0.25, -0.2) is 0 Å². The van der Waals surface area contributed by atoms with Crippen molar-refractivity contribution in [3.63, 3.8) is 0 Å². The highest BCUT2D eigenvalue weighted by atomic mass is 16.5. The van der Waals surface area contributed by atoms with E-state index in [9.17, 15) is 14.7 Å². The molecule has 184 valence electrons. The summed E-state index contributed by atoms with van der Waals surface area (Å²) in [6.07, 6.45) is 17.8. The monoisotopic (exact) mass is 444 g/mol. The lowest BCUT2D eigenvalue weighted by molar-refractivity contribution is -0.152. The summed E-state index contributed by atoms with van der Waals surface area (Å²) in [7, 11) is 0. The Hall–Kier alpha value is -1.14. The van der Waals surface area contributed by atoms with Crippen LogP contribution in [0.2, 0.25) is 0 Å². The third kappa shape index (κ3) is 20.5. The van der Waals surface area contributed by atoms with Crippen LogP contribution in [0.5, 0.6) is 0 Å². The first kappa shape index (κ1) is 29.9. The normalized spacial score (nSPS) is 13.1. The van der Waals surface area contributed by atoms with Crippen molar-refractivity contribution >= 4 is 11.9 Å². The first-order valence-electron chi connectivity index (χ1n) is 12.7. The number of carboxylic acid groups (broad SMARTS) is 1. The molecule has 0 heterocycles. The number of aliphatic hydroxyl groups is 2. The molecule has 0 saturated heterocycles. The number of aliphatic hydroxyl groups excluding tert-OH is 2. The smallest absolute Gasteiger partial charge is 0.309 e. The number of carboxylic acids is 1. The molecule has 0 amide bonds. The molecule has 0 saturated carbocycles. The summed E-state index contributed by atoms with van der Waals surface area (Å²) < 4.78 is 5.22. The molecule has 0 radical (unpaired) electrons. The van der Waals surface area contributed by atoms with E-state index in [1.807, 2.05) is 0 Å². The first-order valence-corrected chi connectivity index (χ1v) is 12.7. The van der Waals surface area contributed by atoms with Crippen LogP contribution >= 0.6 is 0 Å². The molecule has 0 aromatic rings. The summed E-state index contributed by atoms with van der Waals surface area (Å²) in [5, 5.41) is 26.9. The maximum Gasteiger partial charge on any atom is 0.309 e. The van der Waals surface area contributed by atoms with Crippen molar-refractivity contribution in [1.82, 2.24) is 0 Å². The van der Waals surface area contributed by atoms with E-state index in [1.54, 1.807) is 0 Å². The zero-order valence-electron chi connectivity index (χ0n) is 19.9. The standard InChI is InChI=1S/C25H48O6/c1-2-3-4-5-11-14-17-22(25(30)31-21-23(27)20-26)18-15-12-9-7-6-8-10-13-16-19-24(28)29/h22-23,26-27H,2-21H2,1H3,(H,28,29). The molecule has 3 N–H and O–H groups in total. The molecule has 6 heteroatoms. The minimum absolute atomic E-state index is 0.105. The number of aliphatic carboxylic acids is 1. The van der Waals surface area contributed by atoms with Gasteiger partial charge in [0.1, 0.15) is 12.7 Å². The number of unbranched alkanes of at least 4 members (excludes halogenated alkanes) is 13. The maximum absolute atomic E-state index is 12.4. The fourth-order valence-electron chi connectivity index (χ4n) is 3.80. The van der Waals surface area contributed by atoms with Crippen LogP contribution in [0.25, 0.3) is 0 Å². The van der Waals surface area contributed by atoms with Crippen molar-refractivity contribution in [2.75, 3.05) is 13.2 Å². The van der Waals surface area contributed by atoms with Gasteiger partial charge in [-0.05, 0) is 19.3 Å². The van der Waals surface area contributed by atoms with E-state index in [4.69, 9.17) is 14.9 Å². The van der Waals surface area contributed by atoms with Crippen LogP contribution in [0.4, 0.5) is 0 Å². The molecule has 0 bridgehead atoms. The SMILES string of the molecule is CCCCCCCCC(CCCCCCCCCCCC(=O)O)C(=O)OCC(O)CO. The summed E-state index contributed by atoms with van der Waals surface area (Å²) in [6.45, 7) is 1.68. The van der Waals surface area contributed by atoms with Crippen LogP contribution in [0.3, 0.4) is 0 Å². The quantitative estimate of drug-likeness (QED) is 0.139. The summed E-state index contributed by atoms with van der Waals surface area (Å²) in [6, 6.07) is 0. The van der Waals surface area contributed by atoms with Gasteiger partial charge < -0.3 is 20.1 Å². The molecule has 0 spiro atoms. The van der Waals surface area contributed by atoms with Crippen LogP contribution in [-0.2, 0) is 14.3 Å². The average Bonchev–Trinajstić information content (AvgIpc) is 2.76. The minimum Gasteiger partial charge on any atom is -0.481 e. The second-order valence-electron chi connectivity index (χ2n) is 8.83. The zero-order valence-corrected chi connectivity index (χ0v) is 19.9. The molecule has 0 rings (SSSR count). The summed E-state index contributed by atoms with van der Waals surface area (Å²) in [5.41, 5.74) is 0. The molecule has 6 nitrogen and oxygen atoms in total. The van der Waals surface area contributed by atoms with Crippen LogP contribution in [-0.4, -0.2) is 46.6 Å². The van der Waals surface area contributed by atoms with E-state index in [2.05, 4.69) is 6.92 Å². The van der Waals surface area contributed by atoms with Gasteiger partial charge in [-0.15, -0.1) is 0 Å². The van der Waals surface area contributed by atoms with Crippen molar-refractivity contribution in [1.29, 1.82) is 0 Å². The lowest BCUT2D eigenvalue weighted by atomic mass is 9.94. The summed E-state index contributed by atoms with van der Waals surface area (Å²) >= 11 is 0. The van der Waals surface area contributed by atoms with Gasteiger partial charge in [0.05, 0.1) is 12.5 Å². The predicted molar refractivity (Wildman–Crippen MR) is 124 cm³/mol. The third-order valence-electron chi connectivity index (χ3n) is 5.81. The Labute approximate surface area is 189 Å². The number of carbonyl (C=O) groups excluding carboxylic acids is 1. The lowest BCUT2D eigenvalue weighted by Gasteiger charge is -2.17. The minimum atomic E-state index is -0.997. The van der Waals surface area contributed by atoms with Crippen LogP contribution in [0.1, 0.15) is 122 Å². The first-order chi connectivity index (χ1) is 15.0. The Bertz CT molecular complexity index is 426. The summed E-state index contributed by atoms with van der Waals surface area (Å²) in [4.78, 5) is 22.9. The van der Waals surface area contributed by atoms with Gasteiger partial charge in [-0.1, -0.05) is 96.8 Å². The number of hydrogen-bond acceptors (Lipinski definition) is 5. The fourth-order valence-corrected chi connectivity index (χ4v) is 3.80. The molecule has 2 atom stereocenters. The van der Waals surface area contributed by atoms with E-state index in [0.717, 1.165) is 64.2 Å². The Morgan fingerprint density at radius 2 is 1.19 bits per heavy atom. The number of hydrogen-bond donors (Lipinski definition) is 3. The Balaban J connectivity index is 3.95. The number of rotatable bonds is 23. The van der Waals surface area contributed by atoms with Gasteiger partial charge in [0.2, 0.25) is 0 Å². The van der Waals surface area contributed by atoms with Crippen molar-refractivity contribution < 1.29 is 29.6 Å². The van der Waals surface area contributed by atoms with Gasteiger partial charge >= 0.3 is 11.9 Å². The van der Waals surface area contributed by atoms with Crippen molar-refractivity contribution in [2.24, 2.45) is 5.92 Å². The van der Waals surface area contributed by atoms with Crippen molar-refractivity contribution in [3.8, 4) is 0 Å². The zero-order chi connectivity index (χ0) is 23.2. The Morgan fingerprint density at radius 1 is 0.742 bits per heavy atom. The molecule has 2 unspecified atom stereocenters. The van der Waals surface area contributed by atoms with Crippen LogP contribution in [0.15, 0.2) is 0 Å². The van der Waals surface area contributed by atoms with Gasteiger partial charge in [-0.3, -0.25) is 9.59 Å². The molecule has 0 aromatic heterocycles. The van der Waals surface area contributed by atoms with E-state index < -0.39 is 18.7 Å². The highest BCUT2D eigenvalue weighted by Gasteiger charge is 2.20. The average molecular weight is 445 g/mol. The molecular formula is C25H48O6. The lowest BCUT2D eigenvalue weighted by Crippen LogP contribution is -2.25. The highest BCUT2D eigenvalue weighted by molar-refractivity contribution is 5.72. The van der Waals surface area contributed by atoms with Gasteiger partial charge in [-0.2, -0.15) is 0 Å². The molecular weight excluding hydrogens is 396 g/mol. The second-order valence-corrected chi connectivity index (χ2v) is 8.83. The molecule has 0 aromatic carbocycles. The number of carbonyl (C=O) groups is 2. The molecule has 0 aliphatic rings. The molecule has 0 fully saturated rings. The van der Waals surface area contributed by atoms with E-state index in [-0.39, 0.29) is 24.9 Å². The summed E-state index contributed by atoms with van der Waals surface area (Å²) in [5.74, 6) is -1.04. The molecule has 31 heavy (non-hydrogen) atoms. The van der Waals surface area contributed by atoms with Crippen molar-refractivity contribution in [3.05, 3.63) is 0 Å². The fraction of sp³-hybridized carbons (Fsp3) is 0.920. The topological polar surface area (TPSA) is 104 Å². The maximum atomic E-state index is 12.4. The number of esters is 1. The predicted octanol–water partition coefficient (Wildman–Crippen LogP) is 5.63. The van der Waals surface area contributed by atoms with Gasteiger partial charge in [0.15, 0.2) is 0 Å². The van der Waals surface area contributed by atoms with Crippen molar-refractivity contribution in [2.45, 2.75) is 129 Å². The van der Waals surface area contributed by atoms with E-state index in [1.165, 1.54) is 44.9 Å². The highest BCUT2D eigenvalue weighted by Crippen LogP contribution is 2.21. The number of ether oxygens (including phenoxy) is 1. The molecule has 0 aliphatic carbocycles. The van der Waals surface area contributed by atoms with Gasteiger partial charge in [0, 0.05) is 6.42 Å². The van der Waals surface area contributed by atoms with Gasteiger partial charge in [0.25, 0.3) is 0 Å². The largest absolute Gasteiger partial charge is 0.481 e. The Morgan fingerprint density at radius 3 is 1.65 bits per heavy atom. The molecule has 0 aliphatic heterocycles. The second kappa shape index (κ2) is 22.1.